The Kier molecular flexibility index (Phi) is 3.47. The van der Waals surface area contributed by atoms with Gasteiger partial charge in [0.15, 0.2) is 0 Å². The fraction of sp³-hybridized carbons (Fsp3) is 0.250. The van der Waals surface area contributed by atoms with Crippen LogP contribution in [0.4, 0.5) is 4.39 Å². The molecule has 0 fully saturated rings. The maximum absolute atomic E-state index is 13.5. The van der Waals surface area contributed by atoms with Gasteiger partial charge in [0.25, 0.3) is 0 Å². The Hall–Kier alpha value is -1.69. The van der Waals surface area contributed by atoms with Gasteiger partial charge in [0, 0.05) is 23.6 Å². The molecule has 0 aliphatic rings. The molecule has 4 nitrogen and oxygen atoms in total. The molecule has 2 aromatic rings. The summed E-state index contributed by atoms with van der Waals surface area (Å²) in [5, 5.41) is 4.02. The van der Waals surface area contributed by atoms with E-state index in [0.717, 1.165) is 0 Å². The standard InChI is InChI=1S/C12H13FN2O2S/c1-18(16,17)7-6-15-9-10(8-14-15)11-4-2-3-5-12(11)13/h2-5,8-9H,6-7H2,1H3. The molecular weight excluding hydrogens is 255 g/mol. The maximum Gasteiger partial charge on any atom is 0.149 e. The fourth-order valence-electron chi connectivity index (χ4n) is 1.58. The Morgan fingerprint density at radius 2 is 2.06 bits per heavy atom. The van der Waals surface area contributed by atoms with E-state index < -0.39 is 9.84 Å². The molecule has 0 spiro atoms. The van der Waals surface area contributed by atoms with Crippen LogP contribution in [0.25, 0.3) is 11.1 Å². The highest BCUT2D eigenvalue weighted by Gasteiger charge is 2.08. The molecule has 0 atom stereocenters. The second kappa shape index (κ2) is 4.89. The minimum absolute atomic E-state index is 0.0192. The van der Waals surface area contributed by atoms with Crippen molar-refractivity contribution >= 4 is 9.84 Å². The number of benzene rings is 1. The number of aryl methyl sites for hydroxylation is 1. The maximum atomic E-state index is 13.5. The smallest absolute Gasteiger partial charge is 0.149 e. The number of hydrogen-bond acceptors (Lipinski definition) is 3. The highest BCUT2D eigenvalue weighted by Crippen LogP contribution is 2.21. The van der Waals surface area contributed by atoms with Crippen LogP contribution in [0, 0.1) is 5.82 Å². The molecule has 0 unspecified atom stereocenters. The van der Waals surface area contributed by atoms with Crippen molar-refractivity contribution in [3.8, 4) is 11.1 Å². The molecule has 1 heterocycles. The predicted molar refractivity (Wildman–Crippen MR) is 67.3 cm³/mol. The van der Waals surface area contributed by atoms with Gasteiger partial charge in [-0.25, -0.2) is 12.8 Å². The van der Waals surface area contributed by atoms with E-state index in [2.05, 4.69) is 5.10 Å². The molecule has 0 saturated carbocycles. The zero-order valence-corrected chi connectivity index (χ0v) is 10.7. The summed E-state index contributed by atoms with van der Waals surface area (Å²) < 4.78 is 37.1. The molecule has 0 bridgehead atoms. The normalized spacial score (nSPS) is 11.7. The van der Waals surface area contributed by atoms with Crippen LogP contribution in [0.2, 0.25) is 0 Å². The van der Waals surface area contributed by atoms with Crippen LogP contribution in [0.3, 0.4) is 0 Å². The zero-order valence-electron chi connectivity index (χ0n) is 9.88. The third kappa shape index (κ3) is 3.16. The molecule has 1 aromatic heterocycles. The van der Waals surface area contributed by atoms with Crippen LogP contribution in [-0.2, 0) is 16.4 Å². The lowest BCUT2D eigenvalue weighted by atomic mass is 10.1. The molecule has 2 rings (SSSR count). The van der Waals surface area contributed by atoms with Crippen molar-refractivity contribution in [1.29, 1.82) is 0 Å². The first-order valence-electron chi connectivity index (χ1n) is 5.41. The number of sulfone groups is 1. The van der Waals surface area contributed by atoms with Crippen LogP contribution in [0.5, 0.6) is 0 Å². The molecule has 0 aliphatic heterocycles. The van der Waals surface area contributed by atoms with Gasteiger partial charge in [-0.05, 0) is 6.07 Å². The second-order valence-electron chi connectivity index (χ2n) is 4.10. The van der Waals surface area contributed by atoms with Gasteiger partial charge in [-0.2, -0.15) is 5.10 Å². The second-order valence-corrected chi connectivity index (χ2v) is 6.36. The van der Waals surface area contributed by atoms with E-state index in [4.69, 9.17) is 0 Å². The number of aromatic nitrogens is 2. The van der Waals surface area contributed by atoms with Crippen LogP contribution < -0.4 is 0 Å². The lowest BCUT2D eigenvalue weighted by Crippen LogP contribution is -2.11. The fourth-order valence-corrected chi connectivity index (χ4v) is 2.10. The van der Waals surface area contributed by atoms with E-state index >= 15 is 0 Å². The van der Waals surface area contributed by atoms with Gasteiger partial charge in [-0.1, -0.05) is 18.2 Å². The molecule has 0 radical (unpaired) electrons. The molecule has 96 valence electrons. The summed E-state index contributed by atoms with van der Waals surface area (Å²) >= 11 is 0. The monoisotopic (exact) mass is 268 g/mol. The van der Waals surface area contributed by atoms with Gasteiger partial charge >= 0.3 is 0 Å². The van der Waals surface area contributed by atoms with Gasteiger partial charge in [0.05, 0.1) is 18.5 Å². The van der Waals surface area contributed by atoms with E-state index in [1.165, 1.54) is 23.2 Å². The number of rotatable bonds is 4. The SMILES string of the molecule is CS(=O)(=O)CCn1cc(-c2ccccc2F)cn1. The van der Waals surface area contributed by atoms with Gasteiger partial charge in [0.1, 0.15) is 15.7 Å². The van der Waals surface area contributed by atoms with Crippen molar-refractivity contribution in [2.45, 2.75) is 6.54 Å². The first kappa shape index (κ1) is 12.8. The quantitative estimate of drug-likeness (QED) is 0.848. The van der Waals surface area contributed by atoms with Gasteiger partial charge in [-0.3, -0.25) is 4.68 Å². The summed E-state index contributed by atoms with van der Waals surface area (Å²) in [5.41, 5.74) is 1.10. The van der Waals surface area contributed by atoms with Crippen molar-refractivity contribution in [2.75, 3.05) is 12.0 Å². The van der Waals surface area contributed by atoms with E-state index in [0.29, 0.717) is 11.1 Å². The van der Waals surface area contributed by atoms with E-state index in [-0.39, 0.29) is 18.1 Å². The topological polar surface area (TPSA) is 52.0 Å². The van der Waals surface area contributed by atoms with E-state index in [1.807, 2.05) is 0 Å². The summed E-state index contributed by atoms with van der Waals surface area (Å²) in [7, 11) is -3.02. The number of nitrogens with zero attached hydrogens (tertiary/aromatic N) is 2. The molecule has 18 heavy (non-hydrogen) atoms. The first-order chi connectivity index (χ1) is 8.46. The molecule has 0 saturated heterocycles. The average Bonchev–Trinajstić information content (AvgIpc) is 2.75. The molecule has 0 amide bonds. The molecule has 0 N–H and O–H groups in total. The van der Waals surface area contributed by atoms with Crippen LogP contribution >= 0.6 is 0 Å². The molecule has 6 heteroatoms. The molecular formula is C12H13FN2O2S. The molecule has 0 aliphatic carbocycles. The van der Waals surface area contributed by atoms with Crippen LogP contribution in [-0.4, -0.2) is 30.2 Å². The first-order valence-corrected chi connectivity index (χ1v) is 7.47. The lowest BCUT2D eigenvalue weighted by molar-refractivity contribution is 0.586. The van der Waals surface area contributed by atoms with Gasteiger partial charge < -0.3 is 0 Å². The van der Waals surface area contributed by atoms with Crippen molar-refractivity contribution in [1.82, 2.24) is 9.78 Å². The van der Waals surface area contributed by atoms with E-state index in [9.17, 15) is 12.8 Å². The minimum Gasteiger partial charge on any atom is -0.271 e. The Balaban J connectivity index is 2.19. The number of halogens is 1. The Labute approximate surface area is 105 Å². The summed E-state index contributed by atoms with van der Waals surface area (Å²) in [6, 6.07) is 6.40. The Morgan fingerprint density at radius 3 is 2.72 bits per heavy atom. The lowest BCUT2D eigenvalue weighted by Gasteiger charge is -2.00. The minimum atomic E-state index is -3.02. The summed E-state index contributed by atoms with van der Waals surface area (Å²) in [6.45, 7) is 0.271. The highest BCUT2D eigenvalue weighted by molar-refractivity contribution is 7.90. The predicted octanol–water partition coefficient (Wildman–Crippen LogP) is 1.73. The summed E-state index contributed by atoms with van der Waals surface area (Å²) in [4.78, 5) is 0. The largest absolute Gasteiger partial charge is 0.271 e. The van der Waals surface area contributed by atoms with Crippen LogP contribution in [0.1, 0.15) is 0 Å². The van der Waals surface area contributed by atoms with Crippen LogP contribution in [0.15, 0.2) is 36.7 Å². The highest BCUT2D eigenvalue weighted by atomic mass is 32.2. The summed E-state index contributed by atoms with van der Waals surface area (Å²) in [5.74, 6) is -0.300. The van der Waals surface area contributed by atoms with Crippen molar-refractivity contribution in [3.05, 3.63) is 42.5 Å². The average molecular weight is 268 g/mol. The molecule has 1 aromatic carbocycles. The Bertz CT molecular complexity index is 650. The van der Waals surface area contributed by atoms with Crippen molar-refractivity contribution < 1.29 is 12.8 Å². The number of hydrogen-bond donors (Lipinski definition) is 0. The van der Waals surface area contributed by atoms with Crippen molar-refractivity contribution in [2.24, 2.45) is 0 Å². The van der Waals surface area contributed by atoms with Crippen molar-refractivity contribution in [3.63, 3.8) is 0 Å². The van der Waals surface area contributed by atoms with Gasteiger partial charge in [-0.15, -0.1) is 0 Å². The zero-order chi connectivity index (χ0) is 13.2. The third-order valence-corrected chi connectivity index (χ3v) is 3.43. The van der Waals surface area contributed by atoms with E-state index in [1.54, 1.807) is 24.4 Å². The Morgan fingerprint density at radius 1 is 1.33 bits per heavy atom. The third-order valence-electron chi connectivity index (χ3n) is 2.51. The van der Waals surface area contributed by atoms with Gasteiger partial charge in [0.2, 0.25) is 0 Å². The summed E-state index contributed by atoms with van der Waals surface area (Å²) in [6.07, 6.45) is 4.35.